The van der Waals surface area contributed by atoms with Crippen LogP contribution in [-0.2, 0) is 9.53 Å². The van der Waals surface area contributed by atoms with Crippen LogP contribution in [0.2, 0.25) is 0 Å². The van der Waals surface area contributed by atoms with Crippen LogP contribution < -0.4 is 0 Å². The van der Waals surface area contributed by atoms with E-state index in [2.05, 4.69) is 4.74 Å². The van der Waals surface area contributed by atoms with Crippen molar-refractivity contribution in [3.05, 3.63) is 35.4 Å². The highest BCUT2D eigenvalue weighted by molar-refractivity contribution is 5.99. The first-order valence-electron chi connectivity index (χ1n) is 5.08. The molecule has 1 aliphatic heterocycles. The topological polar surface area (TPSA) is 46.6 Å². The Hall–Kier alpha value is -1.84. The summed E-state index contributed by atoms with van der Waals surface area (Å²) in [6.07, 6.45) is 0.204. The van der Waals surface area contributed by atoms with E-state index in [1.807, 2.05) is 18.2 Å². The van der Waals surface area contributed by atoms with E-state index in [-0.39, 0.29) is 24.3 Å². The third kappa shape index (κ3) is 1.56. The first-order chi connectivity index (χ1) is 7.65. The predicted molar refractivity (Wildman–Crippen MR) is 57.9 cm³/mol. The standard InChI is InChI=1S/C12H13NO3/c1-13-10(7-11(14)16-2)8-5-3-4-6-9(8)12(13)15/h3-6,10H,7H2,1-2H3. The summed E-state index contributed by atoms with van der Waals surface area (Å²) in [5.41, 5.74) is 1.58. The van der Waals surface area contributed by atoms with Crippen LogP contribution in [0.15, 0.2) is 24.3 Å². The van der Waals surface area contributed by atoms with Crippen molar-refractivity contribution in [3.63, 3.8) is 0 Å². The summed E-state index contributed by atoms with van der Waals surface area (Å²) in [7, 11) is 3.06. The van der Waals surface area contributed by atoms with Gasteiger partial charge in [-0.05, 0) is 11.6 Å². The van der Waals surface area contributed by atoms with E-state index in [0.29, 0.717) is 5.56 Å². The number of nitrogens with zero attached hydrogens (tertiary/aromatic N) is 1. The summed E-state index contributed by atoms with van der Waals surface area (Å²) < 4.78 is 4.63. The van der Waals surface area contributed by atoms with Crippen LogP contribution in [0.4, 0.5) is 0 Å². The fourth-order valence-corrected chi connectivity index (χ4v) is 2.01. The normalized spacial score (nSPS) is 18.5. The molecule has 1 amide bonds. The van der Waals surface area contributed by atoms with Gasteiger partial charge in [-0.2, -0.15) is 0 Å². The number of fused-ring (bicyclic) bond motifs is 1. The van der Waals surface area contributed by atoms with Crippen LogP contribution in [0.5, 0.6) is 0 Å². The quantitative estimate of drug-likeness (QED) is 0.706. The Morgan fingerprint density at radius 2 is 2.12 bits per heavy atom. The molecule has 4 heteroatoms. The van der Waals surface area contributed by atoms with Gasteiger partial charge in [-0.15, -0.1) is 0 Å². The van der Waals surface area contributed by atoms with Gasteiger partial charge in [-0.25, -0.2) is 0 Å². The molecule has 1 aromatic carbocycles. The van der Waals surface area contributed by atoms with Crippen LogP contribution >= 0.6 is 0 Å². The summed E-state index contributed by atoms with van der Waals surface area (Å²) in [6, 6.07) is 7.16. The van der Waals surface area contributed by atoms with E-state index in [1.54, 1.807) is 18.0 Å². The van der Waals surface area contributed by atoms with E-state index < -0.39 is 0 Å². The van der Waals surface area contributed by atoms with Crippen molar-refractivity contribution in [1.29, 1.82) is 0 Å². The molecule has 0 N–H and O–H groups in total. The van der Waals surface area contributed by atoms with Gasteiger partial charge in [0.25, 0.3) is 5.91 Å². The van der Waals surface area contributed by atoms with Gasteiger partial charge in [0, 0.05) is 12.6 Å². The van der Waals surface area contributed by atoms with Crippen molar-refractivity contribution in [2.24, 2.45) is 0 Å². The van der Waals surface area contributed by atoms with Gasteiger partial charge in [-0.3, -0.25) is 9.59 Å². The Kier molecular flexibility index (Phi) is 2.64. The number of carbonyl (C=O) groups is 2. The summed E-state index contributed by atoms with van der Waals surface area (Å²) in [6.45, 7) is 0. The maximum atomic E-state index is 11.9. The third-order valence-electron chi connectivity index (χ3n) is 2.93. The molecule has 0 fully saturated rings. The van der Waals surface area contributed by atoms with Crippen LogP contribution in [0.1, 0.15) is 28.4 Å². The monoisotopic (exact) mass is 219 g/mol. The van der Waals surface area contributed by atoms with E-state index in [4.69, 9.17) is 0 Å². The third-order valence-corrected chi connectivity index (χ3v) is 2.93. The van der Waals surface area contributed by atoms with Crippen LogP contribution in [-0.4, -0.2) is 30.9 Å². The van der Waals surface area contributed by atoms with Crippen molar-refractivity contribution in [1.82, 2.24) is 4.90 Å². The lowest BCUT2D eigenvalue weighted by molar-refractivity contribution is -0.141. The molecule has 2 rings (SSSR count). The minimum atomic E-state index is -0.304. The number of hydrogen-bond donors (Lipinski definition) is 0. The van der Waals surface area contributed by atoms with Gasteiger partial charge in [0.1, 0.15) is 0 Å². The van der Waals surface area contributed by atoms with Crippen molar-refractivity contribution in [2.45, 2.75) is 12.5 Å². The second-order valence-corrected chi connectivity index (χ2v) is 3.80. The van der Waals surface area contributed by atoms with E-state index in [0.717, 1.165) is 5.56 Å². The first kappa shape index (κ1) is 10.7. The molecule has 1 aliphatic rings. The molecule has 0 aromatic heterocycles. The van der Waals surface area contributed by atoms with Crippen molar-refractivity contribution >= 4 is 11.9 Å². The maximum Gasteiger partial charge on any atom is 0.307 e. The zero-order valence-electron chi connectivity index (χ0n) is 9.27. The Bertz CT molecular complexity index is 442. The average Bonchev–Trinajstić information content (AvgIpc) is 2.55. The average molecular weight is 219 g/mol. The fourth-order valence-electron chi connectivity index (χ4n) is 2.01. The highest BCUT2D eigenvalue weighted by Gasteiger charge is 2.35. The largest absolute Gasteiger partial charge is 0.469 e. The lowest BCUT2D eigenvalue weighted by atomic mass is 10.0. The molecule has 1 unspecified atom stereocenters. The summed E-state index contributed by atoms with van der Waals surface area (Å²) >= 11 is 0. The highest BCUT2D eigenvalue weighted by atomic mass is 16.5. The molecule has 0 bridgehead atoms. The molecule has 0 spiro atoms. The lowest BCUT2D eigenvalue weighted by Crippen LogP contribution is -2.25. The van der Waals surface area contributed by atoms with Crippen LogP contribution in [0.3, 0.4) is 0 Å². The molecular weight excluding hydrogens is 206 g/mol. The van der Waals surface area contributed by atoms with Gasteiger partial charge in [-0.1, -0.05) is 18.2 Å². The second kappa shape index (κ2) is 3.96. The first-order valence-corrected chi connectivity index (χ1v) is 5.08. The van der Waals surface area contributed by atoms with Gasteiger partial charge < -0.3 is 9.64 Å². The molecule has 0 radical (unpaired) electrons. The van der Waals surface area contributed by atoms with Gasteiger partial charge >= 0.3 is 5.97 Å². The molecule has 0 saturated carbocycles. The van der Waals surface area contributed by atoms with E-state index >= 15 is 0 Å². The van der Waals surface area contributed by atoms with E-state index in [9.17, 15) is 9.59 Å². The van der Waals surface area contributed by atoms with Crippen LogP contribution in [0.25, 0.3) is 0 Å². The zero-order chi connectivity index (χ0) is 11.7. The molecule has 0 aliphatic carbocycles. The summed E-state index contributed by atoms with van der Waals surface area (Å²) in [5, 5.41) is 0. The minimum Gasteiger partial charge on any atom is -0.469 e. The number of amides is 1. The SMILES string of the molecule is COC(=O)CC1c2ccccc2C(=O)N1C. The summed E-state index contributed by atoms with van der Waals surface area (Å²) in [4.78, 5) is 24.7. The molecule has 16 heavy (non-hydrogen) atoms. The number of methoxy groups -OCH3 is 1. The number of esters is 1. The predicted octanol–water partition coefficient (Wildman–Crippen LogP) is 1.38. The van der Waals surface area contributed by atoms with Crippen molar-refractivity contribution in [2.75, 3.05) is 14.2 Å². The maximum absolute atomic E-state index is 11.9. The smallest absolute Gasteiger partial charge is 0.307 e. The zero-order valence-corrected chi connectivity index (χ0v) is 9.27. The molecule has 1 aromatic rings. The number of ether oxygens (including phenoxy) is 1. The number of benzene rings is 1. The molecule has 1 heterocycles. The van der Waals surface area contributed by atoms with Gasteiger partial charge in [0.2, 0.25) is 0 Å². The Balaban J connectivity index is 2.34. The molecule has 0 saturated heterocycles. The summed E-state index contributed by atoms with van der Waals surface area (Å²) in [5.74, 6) is -0.342. The Morgan fingerprint density at radius 3 is 2.81 bits per heavy atom. The Morgan fingerprint density at radius 1 is 1.44 bits per heavy atom. The number of rotatable bonds is 2. The number of hydrogen-bond acceptors (Lipinski definition) is 3. The molecule has 1 atom stereocenters. The van der Waals surface area contributed by atoms with E-state index in [1.165, 1.54) is 7.11 Å². The lowest BCUT2D eigenvalue weighted by Gasteiger charge is -2.19. The van der Waals surface area contributed by atoms with Gasteiger partial charge in [0.15, 0.2) is 0 Å². The molecule has 4 nitrogen and oxygen atoms in total. The molecule has 84 valence electrons. The number of carbonyl (C=O) groups excluding carboxylic acids is 2. The highest BCUT2D eigenvalue weighted by Crippen LogP contribution is 2.34. The minimum absolute atomic E-state index is 0.0375. The second-order valence-electron chi connectivity index (χ2n) is 3.80. The fraction of sp³-hybridized carbons (Fsp3) is 0.333. The molecular formula is C12H13NO3. The van der Waals surface area contributed by atoms with Crippen molar-refractivity contribution < 1.29 is 14.3 Å². The Labute approximate surface area is 93.8 Å². The van der Waals surface area contributed by atoms with Gasteiger partial charge in [0.05, 0.1) is 19.6 Å². The van der Waals surface area contributed by atoms with Crippen LogP contribution in [0, 0.1) is 0 Å². The van der Waals surface area contributed by atoms with Crippen molar-refractivity contribution in [3.8, 4) is 0 Å².